The van der Waals surface area contributed by atoms with E-state index in [2.05, 4.69) is 10.3 Å². The molecule has 1 heterocycles. The van der Waals surface area contributed by atoms with Gasteiger partial charge in [0.25, 0.3) is 0 Å². The predicted octanol–water partition coefficient (Wildman–Crippen LogP) is 4.71. The third-order valence-electron chi connectivity index (χ3n) is 3.72. The van der Waals surface area contributed by atoms with E-state index in [0.29, 0.717) is 52.7 Å². The van der Waals surface area contributed by atoms with Crippen LogP contribution in [0.1, 0.15) is 12.0 Å². The highest BCUT2D eigenvalue weighted by Gasteiger charge is 2.15. The van der Waals surface area contributed by atoms with Crippen molar-refractivity contribution in [3.05, 3.63) is 45.9 Å². The van der Waals surface area contributed by atoms with Crippen LogP contribution in [0.4, 0.5) is 5.69 Å². The molecule has 0 fully saturated rings. The molecular weight excluding hydrogens is 504 g/mol. The van der Waals surface area contributed by atoms with Crippen LogP contribution in [0.5, 0.6) is 17.2 Å². The van der Waals surface area contributed by atoms with Crippen molar-refractivity contribution in [2.24, 2.45) is 10.7 Å². The highest BCUT2D eigenvalue weighted by molar-refractivity contribution is 14.0. The van der Waals surface area contributed by atoms with Crippen molar-refractivity contribution in [1.29, 1.82) is 0 Å². The van der Waals surface area contributed by atoms with E-state index in [1.165, 1.54) is 0 Å². The van der Waals surface area contributed by atoms with E-state index in [4.69, 9.17) is 43.1 Å². The van der Waals surface area contributed by atoms with E-state index in [9.17, 15) is 0 Å². The molecule has 9 heteroatoms. The maximum absolute atomic E-state index is 6.28. The van der Waals surface area contributed by atoms with Crippen molar-refractivity contribution in [3.8, 4) is 17.2 Å². The van der Waals surface area contributed by atoms with Crippen molar-refractivity contribution >= 4 is 58.8 Å². The average Bonchev–Trinajstić information content (AvgIpc) is 2.86. The minimum atomic E-state index is 0. The molecule has 0 aliphatic carbocycles. The number of methoxy groups -OCH3 is 1. The molecule has 0 amide bonds. The Morgan fingerprint density at radius 3 is 2.70 bits per heavy atom. The van der Waals surface area contributed by atoms with Gasteiger partial charge >= 0.3 is 0 Å². The standard InChI is InChI=1S/C18H19Cl2N3O3.HI/c1-24-15-4-3-12(9-13(15)19)23-18(21)22-10-11-7-14(20)17-16(8-11)25-5-2-6-26-17;/h3-4,7-9H,2,5-6,10H2,1H3,(H3,21,22,23);1H. The van der Waals surface area contributed by atoms with Gasteiger partial charge in [0.2, 0.25) is 0 Å². The molecule has 0 bridgehead atoms. The van der Waals surface area contributed by atoms with Gasteiger partial charge in [-0.25, -0.2) is 4.99 Å². The third-order valence-corrected chi connectivity index (χ3v) is 4.29. The number of benzene rings is 2. The van der Waals surface area contributed by atoms with Crippen LogP contribution >= 0.6 is 47.2 Å². The Morgan fingerprint density at radius 2 is 1.96 bits per heavy atom. The molecule has 0 radical (unpaired) electrons. The van der Waals surface area contributed by atoms with Gasteiger partial charge in [0.1, 0.15) is 5.75 Å². The first kappa shape index (κ1) is 21.7. The Morgan fingerprint density at radius 1 is 1.19 bits per heavy atom. The van der Waals surface area contributed by atoms with Crippen molar-refractivity contribution in [3.63, 3.8) is 0 Å². The number of anilines is 1. The number of hydrogen-bond donors (Lipinski definition) is 2. The SMILES string of the molecule is COc1ccc(NC(N)=NCc2cc(Cl)c3c(c2)OCCCO3)cc1Cl.I. The number of rotatable bonds is 4. The van der Waals surface area contributed by atoms with Crippen molar-refractivity contribution < 1.29 is 14.2 Å². The lowest BCUT2D eigenvalue weighted by Gasteiger charge is -2.11. The average molecular weight is 524 g/mol. The molecule has 146 valence electrons. The zero-order chi connectivity index (χ0) is 18.5. The normalized spacial score (nSPS) is 13.4. The minimum absolute atomic E-state index is 0. The van der Waals surface area contributed by atoms with Gasteiger partial charge in [-0.1, -0.05) is 23.2 Å². The molecule has 0 saturated carbocycles. The second-order valence-electron chi connectivity index (χ2n) is 5.63. The van der Waals surface area contributed by atoms with Gasteiger partial charge < -0.3 is 25.3 Å². The van der Waals surface area contributed by atoms with Crippen molar-refractivity contribution in [2.75, 3.05) is 25.6 Å². The van der Waals surface area contributed by atoms with Gasteiger partial charge in [0, 0.05) is 12.1 Å². The monoisotopic (exact) mass is 523 g/mol. The lowest BCUT2D eigenvalue weighted by molar-refractivity contribution is 0.297. The molecule has 0 aromatic heterocycles. The first-order valence-electron chi connectivity index (χ1n) is 8.05. The fourth-order valence-electron chi connectivity index (χ4n) is 2.48. The summed E-state index contributed by atoms with van der Waals surface area (Å²) in [7, 11) is 1.56. The summed E-state index contributed by atoms with van der Waals surface area (Å²) < 4.78 is 16.4. The number of nitrogens with one attached hydrogen (secondary N) is 1. The fraction of sp³-hybridized carbons (Fsp3) is 0.278. The van der Waals surface area contributed by atoms with Crippen molar-refractivity contribution in [2.45, 2.75) is 13.0 Å². The van der Waals surface area contributed by atoms with Gasteiger partial charge in [-0.3, -0.25) is 0 Å². The zero-order valence-electron chi connectivity index (χ0n) is 14.6. The first-order chi connectivity index (χ1) is 12.6. The van der Waals surface area contributed by atoms with Gasteiger partial charge in [-0.05, 0) is 35.9 Å². The largest absolute Gasteiger partial charge is 0.495 e. The van der Waals surface area contributed by atoms with Crippen molar-refractivity contribution in [1.82, 2.24) is 0 Å². The summed E-state index contributed by atoms with van der Waals surface area (Å²) in [6.07, 6.45) is 0.819. The number of ether oxygens (including phenoxy) is 3. The number of guanidine groups is 1. The second-order valence-corrected chi connectivity index (χ2v) is 6.45. The lowest BCUT2D eigenvalue weighted by Crippen LogP contribution is -2.22. The molecule has 3 N–H and O–H groups in total. The number of halogens is 3. The second kappa shape index (κ2) is 10.1. The van der Waals surface area contributed by atoms with Crippen LogP contribution in [-0.4, -0.2) is 26.3 Å². The number of hydrogen-bond acceptors (Lipinski definition) is 4. The molecule has 0 spiro atoms. The molecule has 27 heavy (non-hydrogen) atoms. The van der Waals surface area contributed by atoms with E-state index in [0.717, 1.165) is 12.0 Å². The molecule has 0 atom stereocenters. The van der Waals surface area contributed by atoms with Crippen LogP contribution in [0.15, 0.2) is 35.3 Å². The molecule has 0 unspecified atom stereocenters. The van der Waals surface area contributed by atoms with Gasteiger partial charge in [0.15, 0.2) is 17.5 Å². The summed E-state index contributed by atoms with van der Waals surface area (Å²) in [6.45, 7) is 1.53. The van der Waals surface area contributed by atoms with E-state index in [1.807, 2.05) is 6.07 Å². The van der Waals surface area contributed by atoms with E-state index in [-0.39, 0.29) is 29.9 Å². The van der Waals surface area contributed by atoms with Gasteiger partial charge in [-0.15, -0.1) is 24.0 Å². The van der Waals surface area contributed by atoms with Crippen LogP contribution in [-0.2, 0) is 6.54 Å². The molecule has 0 saturated heterocycles. The highest BCUT2D eigenvalue weighted by atomic mass is 127. The number of aliphatic imine (C=N–C) groups is 1. The third kappa shape index (κ3) is 5.70. The Hall–Kier alpha value is -1.58. The summed E-state index contributed by atoms with van der Waals surface area (Å²) in [6, 6.07) is 8.94. The fourth-order valence-corrected chi connectivity index (χ4v) is 3.03. The topological polar surface area (TPSA) is 78.1 Å². The lowest BCUT2D eigenvalue weighted by atomic mass is 10.2. The Labute approximate surface area is 185 Å². The Balaban J connectivity index is 0.00000261. The quantitative estimate of drug-likeness (QED) is 0.345. The van der Waals surface area contributed by atoms with E-state index < -0.39 is 0 Å². The van der Waals surface area contributed by atoms with Crippen LogP contribution in [0.25, 0.3) is 0 Å². The summed E-state index contributed by atoms with van der Waals surface area (Å²) in [5.41, 5.74) is 7.54. The first-order valence-corrected chi connectivity index (χ1v) is 8.81. The van der Waals surface area contributed by atoms with Crippen LogP contribution in [0.3, 0.4) is 0 Å². The van der Waals surface area contributed by atoms with Crippen LogP contribution < -0.4 is 25.3 Å². The maximum atomic E-state index is 6.28. The predicted molar refractivity (Wildman–Crippen MR) is 119 cm³/mol. The summed E-state index contributed by atoms with van der Waals surface area (Å²) in [5.74, 6) is 2.06. The molecule has 1 aliphatic heterocycles. The zero-order valence-corrected chi connectivity index (χ0v) is 18.5. The smallest absolute Gasteiger partial charge is 0.193 e. The maximum Gasteiger partial charge on any atom is 0.193 e. The molecule has 2 aromatic carbocycles. The van der Waals surface area contributed by atoms with Crippen LogP contribution in [0.2, 0.25) is 10.0 Å². The van der Waals surface area contributed by atoms with E-state index >= 15 is 0 Å². The molecule has 6 nitrogen and oxygen atoms in total. The van der Waals surface area contributed by atoms with Gasteiger partial charge in [0.05, 0.1) is 36.9 Å². The van der Waals surface area contributed by atoms with E-state index in [1.54, 1.807) is 31.4 Å². The highest BCUT2D eigenvalue weighted by Crippen LogP contribution is 2.38. The molecule has 2 aromatic rings. The number of nitrogens with zero attached hydrogens (tertiary/aromatic N) is 1. The minimum Gasteiger partial charge on any atom is -0.495 e. The van der Waals surface area contributed by atoms with Crippen LogP contribution in [0, 0.1) is 0 Å². The molecular formula is C18H20Cl2IN3O3. The Bertz CT molecular complexity index is 834. The van der Waals surface area contributed by atoms with Gasteiger partial charge in [-0.2, -0.15) is 0 Å². The summed E-state index contributed by atoms with van der Waals surface area (Å²) in [5, 5.41) is 3.98. The Kier molecular flexibility index (Phi) is 8.12. The summed E-state index contributed by atoms with van der Waals surface area (Å²) in [4.78, 5) is 4.33. The number of nitrogens with two attached hydrogens (primary N) is 1. The number of fused-ring (bicyclic) bond motifs is 1. The summed E-state index contributed by atoms with van der Waals surface area (Å²) >= 11 is 12.4. The molecule has 3 rings (SSSR count). The molecule has 1 aliphatic rings.